The van der Waals surface area contributed by atoms with Crippen molar-refractivity contribution in [1.82, 2.24) is 9.71 Å². The summed E-state index contributed by atoms with van der Waals surface area (Å²) >= 11 is 7.35. The van der Waals surface area contributed by atoms with Crippen LogP contribution in [0.25, 0.3) is 10.6 Å². The lowest BCUT2D eigenvalue weighted by molar-refractivity contribution is 0.581. The van der Waals surface area contributed by atoms with Gasteiger partial charge in [0.15, 0.2) is 0 Å². The highest BCUT2D eigenvalue weighted by molar-refractivity contribution is 7.89. The van der Waals surface area contributed by atoms with Gasteiger partial charge in [-0.15, -0.1) is 11.3 Å². The summed E-state index contributed by atoms with van der Waals surface area (Å²) in [5, 5.41) is 3.41. The number of halogens is 1. The summed E-state index contributed by atoms with van der Waals surface area (Å²) in [6.07, 6.45) is 0.537. The molecule has 3 aromatic rings. The molecule has 130 valence electrons. The number of thiazole rings is 1. The molecule has 0 aliphatic heterocycles. The average molecular weight is 393 g/mol. The molecular weight excluding hydrogens is 376 g/mol. The first-order chi connectivity index (χ1) is 11.9. The maximum atomic E-state index is 12.2. The quantitative estimate of drug-likeness (QED) is 0.680. The number of sulfonamides is 1. The fourth-order valence-electron chi connectivity index (χ4n) is 2.26. The van der Waals surface area contributed by atoms with Crippen LogP contribution in [0.1, 0.15) is 11.3 Å². The van der Waals surface area contributed by atoms with Crippen LogP contribution in [0.5, 0.6) is 0 Å². The van der Waals surface area contributed by atoms with Crippen LogP contribution in [0.4, 0.5) is 0 Å². The van der Waals surface area contributed by atoms with Gasteiger partial charge in [-0.25, -0.2) is 18.1 Å². The molecule has 0 saturated heterocycles. The lowest BCUT2D eigenvalue weighted by Crippen LogP contribution is -2.26. The van der Waals surface area contributed by atoms with Crippen LogP contribution in [-0.4, -0.2) is 19.9 Å². The van der Waals surface area contributed by atoms with E-state index in [1.54, 1.807) is 23.5 Å². The Bertz CT molecular complexity index is 950. The van der Waals surface area contributed by atoms with Gasteiger partial charge < -0.3 is 0 Å². The van der Waals surface area contributed by atoms with E-state index in [1.807, 2.05) is 24.4 Å². The third-order valence-corrected chi connectivity index (χ3v) is 6.32. The number of hydrogen-bond donors (Lipinski definition) is 1. The van der Waals surface area contributed by atoms with Crippen molar-refractivity contribution in [3.8, 4) is 10.6 Å². The molecule has 1 heterocycles. The van der Waals surface area contributed by atoms with Gasteiger partial charge in [-0.2, -0.15) is 0 Å². The number of aryl methyl sites for hydroxylation is 1. The Balaban J connectivity index is 1.61. The van der Waals surface area contributed by atoms with Crippen molar-refractivity contribution in [2.45, 2.75) is 18.2 Å². The minimum absolute atomic E-state index is 0.204. The first kappa shape index (κ1) is 18.1. The fourth-order valence-corrected chi connectivity index (χ4v) is 4.28. The van der Waals surface area contributed by atoms with Crippen molar-refractivity contribution < 1.29 is 8.42 Å². The molecule has 1 aromatic heterocycles. The van der Waals surface area contributed by atoms with Gasteiger partial charge in [0, 0.05) is 28.9 Å². The van der Waals surface area contributed by atoms with Gasteiger partial charge in [-0.3, -0.25) is 0 Å². The van der Waals surface area contributed by atoms with E-state index in [2.05, 4.69) is 21.8 Å². The van der Waals surface area contributed by atoms with Crippen molar-refractivity contribution in [3.63, 3.8) is 0 Å². The smallest absolute Gasteiger partial charge is 0.240 e. The van der Waals surface area contributed by atoms with Crippen LogP contribution >= 0.6 is 22.9 Å². The first-order valence-electron chi connectivity index (χ1n) is 7.71. The zero-order valence-corrected chi connectivity index (χ0v) is 16.0. The van der Waals surface area contributed by atoms with Gasteiger partial charge in [0.1, 0.15) is 5.01 Å². The van der Waals surface area contributed by atoms with Gasteiger partial charge in [0.25, 0.3) is 0 Å². The predicted octanol–water partition coefficient (Wildman–Crippen LogP) is 4.29. The molecule has 7 heteroatoms. The standard InChI is InChI=1S/C18H17ClN2O2S2/c1-13-2-4-14(5-3-13)18-21-16(12-24-18)10-11-20-25(22,23)17-8-6-15(19)7-9-17/h2-9,12,20H,10-11H2,1H3. The molecule has 1 N–H and O–H groups in total. The van der Waals surface area contributed by atoms with Crippen LogP contribution in [0.15, 0.2) is 58.8 Å². The van der Waals surface area contributed by atoms with Crippen LogP contribution in [0, 0.1) is 6.92 Å². The molecule has 0 unspecified atom stereocenters. The summed E-state index contributed by atoms with van der Waals surface area (Å²) < 4.78 is 27.0. The summed E-state index contributed by atoms with van der Waals surface area (Å²) in [5.41, 5.74) is 3.15. The van der Waals surface area contributed by atoms with E-state index >= 15 is 0 Å². The Hall–Kier alpha value is -1.73. The monoisotopic (exact) mass is 392 g/mol. The van der Waals surface area contributed by atoms with E-state index < -0.39 is 10.0 Å². The van der Waals surface area contributed by atoms with Crippen LogP contribution < -0.4 is 4.72 Å². The number of rotatable bonds is 6. The molecule has 3 rings (SSSR count). The van der Waals surface area contributed by atoms with Gasteiger partial charge >= 0.3 is 0 Å². The van der Waals surface area contributed by atoms with E-state index in [0.29, 0.717) is 18.0 Å². The summed E-state index contributed by atoms with van der Waals surface area (Å²) in [4.78, 5) is 4.78. The second-order valence-electron chi connectivity index (χ2n) is 5.61. The second kappa shape index (κ2) is 7.66. The molecule has 4 nitrogen and oxygen atoms in total. The van der Waals surface area contributed by atoms with E-state index in [4.69, 9.17) is 11.6 Å². The Morgan fingerprint density at radius 1 is 1.08 bits per heavy atom. The van der Waals surface area contributed by atoms with Gasteiger partial charge in [-0.1, -0.05) is 41.4 Å². The Kier molecular flexibility index (Phi) is 5.54. The highest BCUT2D eigenvalue weighted by Gasteiger charge is 2.13. The SMILES string of the molecule is Cc1ccc(-c2nc(CCNS(=O)(=O)c3ccc(Cl)cc3)cs2)cc1. The summed E-state index contributed by atoms with van der Waals surface area (Å²) in [5.74, 6) is 0. The first-order valence-corrected chi connectivity index (χ1v) is 10.4. The van der Waals surface area contributed by atoms with E-state index in [9.17, 15) is 8.42 Å². The number of hydrogen-bond acceptors (Lipinski definition) is 4. The Morgan fingerprint density at radius 2 is 1.76 bits per heavy atom. The molecule has 0 aliphatic rings. The highest BCUT2D eigenvalue weighted by Crippen LogP contribution is 2.24. The lowest BCUT2D eigenvalue weighted by Gasteiger charge is -2.06. The Labute approximate surface area is 156 Å². The van der Waals surface area contributed by atoms with Gasteiger partial charge in [-0.05, 0) is 31.2 Å². The Morgan fingerprint density at radius 3 is 2.44 bits per heavy atom. The van der Waals surface area contributed by atoms with E-state index in [1.165, 1.54) is 17.7 Å². The molecule has 0 atom stereocenters. The van der Waals surface area contributed by atoms with E-state index in [-0.39, 0.29) is 4.90 Å². The molecule has 2 aromatic carbocycles. The zero-order chi connectivity index (χ0) is 17.9. The summed E-state index contributed by atoms with van der Waals surface area (Å²) in [6.45, 7) is 2.34. The fraction of sp³-hybridized carbons (Fsp3) is 0.167. The number of benzene rings is 2. The topological polar surface area (TPSA) is 59.1 Å². The van der Waals surface area contributed by atoms with Crippen molar-refractivity contribution >= 4 is 33.0 Å². The number of nitrogens with zero attached hydrogens (tertiary/aromatic N) is 1. The molecular formula is C18H17ClN2O2S2. The minimum atomic E-state index is -3.53. The van der Waals surface area contributed by atoms with Crippen LogP contribution in [0.2, 0.25) is 5.02 Å². The number of nitrogens with one attached hydrogen (secondary N) is 1. The van der Waals surface area contributed by atoms with Gasteiger partial charge in [0.2, 0.25) is 10.0 Å². The zero-order valence-electron chi connectivity index (χ0n) is 13.6. The molecule has 25 heavy (non-hydrogen) atoms. The molecule has 0 fully saturated rings. The summed E-state index contributed by atoms with van der Waals surface area (Å²) in [6, 6.07) is 14.3. The normalized spacial score (nSPS) is 11.6. The van der Waals surface area contributed by atoms with E-state index in [0.717, 1.165) is 16.3 Å². The number of aromatic nitrogens is 1. The van der Waals surface area contributed by atoms with Crippen molar-refractivity contribution in [2.24, 2.45) is 0 Å². The molecule has 0 bridgehead atoms. The lowest BCUT2D eigenvalue weighted by atomic mass is 10.2. The molecule has 0 amide bonds. The maximum absolute atomic E-state index is 12.2. The molecule has 0 spiro atoms. The maximum Gasteiger partial charge on any atom is 0.240 e. The minimum Gasteiger partial charge on any atom is -0.241 e. The predicted molar refractivity (Wildman–Crippen MR) is 103 cm³/mol. The van der Waals surface area contributed by atoms with Gasteiger partial charge in [0.05, 0.1) is 10.6 Å². The summed E-state index contributed by atoms with van der Waals surface area (Å²) in [7, 11) is -3.53. The van der Waals surface area contributed by atoms with Crippen molar-refractivity contribution in [2.75, 3.05) is 6.54 Å². The third-order valence-electron chi connectivity index (χ3n) is 3.65. The van der Waals surface area contributed by atoms with Crippen molar-refractivity contribution in [1.29, 1.82) is 0 Å². The second-order valence-corrected chi connectivity index (χ2v) is 8.67. The average Bonchev–Trinajstić information content (AvgIpc) is 3.04. The molecule has 0 aliphatic carbocycles. The highest BCUT2D eigenvalue weighted by atomic mass is 35.5. The van der Waals surface area contributed by atoms with Crippen LogP contribution in [0.3, 0.4) is 0 Å². The molecule has 0 radical (unpaired) electrons. The third kappa shape index (κ3) is 4.67. The van der Waals surface area contributed by atoms with Crippen molar-refractivity contribution in [3.05, 3.63) is 70.2 Å². The van der Waals surface area contributed by atoms with Crippen LogP contribution in [-0.2, 0) is 16.4 Å². The molecule has 0 saturated carbocycles. The largest absolute Gasteiger partial charge is 0.241 e.